The smallest absolute Gasteiger partial charge is 0.221 e. The standard InChI is InChI=1S/C15H23N3O3/c16-14(18-20)15(9-3-1-2-4-10-15)17-13(19)8-7-12-6-5-11-21-12/h5-6,11,20H,1-4,7-10H2,(H2,16,18)(H,17,19). The van der Waals surface area contributed by atoms with Crippen LogP contribution in [0.25, 0.3) is 0 Å². The minimum atomic E-state index is -0.703. The number of amides is 1. The van der Waals surface area contributed by atoms with Crippen molar-refractivity contribution in [3.05, 3.63) is 24.2 Å². The first-order chi connectivity index (χ1) is 10.2. The first-order valence-corrected chi connectivity index (χ1v) is 7.48. The number of nitrogens with one attached hydrogen (secondary N) is 1. The minimum absolute atomic E-state index is 0.0973. The van der Waals surface area contributed by atoms with E-state index in [-0.39, 0.29) is 11.7 Å². The molecule has 1 heterocycles. The molecule has 0 aliphatic heterocycles. The van der Waals surface area contributed by atoms with Crippen LogP contribution in [0, 0.1) is 0 Å². The van der Waals surface area contributed by atoms with Gasteiger partial charge in [0.15, 0.2) is 5.84 Å². The fourth-order valence-corrected chi connectivity index (χ4v) is 2.89. The monoisotopic (exact) mass is 293 g/mol. The fourth-order valence-electron chi connectivity index (χ4n) is 2.89. The molecule has 1 saturated carbocycles. The molecule has 0 unspecified atom stereocenters. The summed E-state index contributed by atoms with van der Waals surface area (Å²) in [4.78, 5) is 12.2. The highest BCUT2D eigenvalue weighted by molar-refractivity contribution is 5.93. The van der Waals surface area contributed by atoms with Crippen LogP contribution < -0.4 is 11.1 Å². The van der Waals surface area contributed by atoms with Gasteiger partial charge in [-0.15, -0.1) is 0 Å². The average Bonchev–Trinajstić information content (AvgIpc) is 2.90. The third kappa shape index (κ3) is 4.00. The summed E-state index contributed by atoms with van der Waals surface area (Å²) in [6, 6.07) is 3.65. The van der Waals surface area contributed by atoms with E-state index in [4.69, 9.17) is 15.4 Å². The fraction of sp³-hybridized carbons (Fsp3) is 0.600. The van der Waals surface area contributed by atoms with Gasteiger partial charge in [0.25, 0.3) is 0 Å². The van der Waals surface area contributed by atoms with Gasteiger partial charge in [-0.2, -0.15) is 0 Å². The van der Waals surface area contributed by atoms with Crippen LogP contribution in [0.3, 0.4) is 0 Å². The van der Waals surface area contributed by atoms with Crippen molar-refractivity contribution >= 4 is 11.7 Å². The number of aryl methyl sites for hydroxylation is 1. The molecule has 1 aromatic rings. The Morgan fingerprint density at radius 2 is 2.10 bits per heavy atom. The van der Waals surface area contributed by atoms with Crippen LogP contribution in [-0.2, 0) is 11.2 Å². The van der Waals surface area contributed by atoms with E-state index in [1.165, 1.54) is 0 Å². The summed E-state index contributed by atoms with van der Waals surface area (Å²) in [5, 5.41) is 15.2. The number of rotatable bonds is 5. The van der Waals surface area contributed by atoms with Gasteiger partial charge in [0.05, 0.1) is 6.26 Å². The molecular weight excluding hydrogens is 270 g/mol. The molecule has 4 N–H and O–H groups in total. The van der Waals surface area contributed by atoms with E-state index in [1.54, 1.807) is 12.3 Å². The van der Waals surface area contributed by atoms with E-state index in [9.17, 15) is 4.79 Å². The van der Waals surface area contributed by atoms with Crippen LogP contribution >= 0.6 is 0 Å². The second-order valence-corrected chi connectivity index (χ2v) is 5.61. The van der Waals surface area contributed by atoms with Gasteiger partial charge in [0, 0.05) is 12.8 Å². The van der Waals surface area contributed by atoms with Crippen molar-refractivity contribution in [2.75, 3.05) is 0 Å². The quantitative estimate of drug-likeness (QED) is 0.254. The Balaban J connectivity index is 1.98. The Kier molecular flexibility index (Phi) is 5.25. The van der Waals surface area contributed by atoms with Crippen LogP contribution in [0.5, 0.6) is 0 Å². The number of carbonyl (C=O) groups is 1. The summed E-state index contributed by atoms with van der Waals surface area (Å²) >= 11 is 0. The van der Waals surface area contributed by atoms with Gasteiger partial charge in [-0.05, 0) is 25.0 Å². The van der Waals surface area contributed by atoms with E-state index < -0.39 is 5.54 Å². The van der Waals surface area contributed by atoms with Crippen molar-refractivity contribution in [1.29, 1.82) is 0 Å². The zero-order chi connectivity index (χ0) is 15.1. The highest BCUT2D eigenvalue weighted by atomic mass is 16.4. The summed E-state index contributed by atoms with van der Waals surface area (Å²) in [6.45, 7) is 0. The Labute approximate surface area is 124 Å². The van der Waals surface area contributed by atoms with Crippen molar-refractivity contribution in [2.45, 2.75) is 56.9 Å². The molecule has 0 aromatic carbocycles. The number of hydrogen-bond donors (Lipinski definition) is 3. The second-order valence-electron chi connectivity index (χ2n) is 5.61. The van der Waals surface area contributed by atoms with Gasteiger partial charge in [0.2, 0.25) is 5.91 Å². The van der Waals surface area contributed by atoms with Gasteiger partial charge >= 0.3 is 0 Å². The lowest BCUT2D eigenvalue weighted by Crippen LogP contribution is -2.57. The summed E-state index contributed by atoms with van der Waals surface area (Å²) < 4.78 is 5.22. The van der Waals surface area contributed by atoms with Crippen molar-refractivity contribution in [3.8, 4) is 0 Å². The summed E-state index contributed by atoms with van der Waals surface area (Å²) in [5.74, 6) is 0.791. The normalized spacial score (nSPS) is 19.0. The van der Waals surface area contributed by atoms with Crippen LogP contribution in [-0.4, -0.2) is 22.5 Å². The molecular formula is C15H23N3O3. The molecule has 1 amide bonds. The molecule has 6 nitrogen and oxygen atoms in total. The van der Waals surface area contributed by atoms with Gasteiger partial charge in [-0.3, -0.25) is 4.79 Å². The molecule has 0 saturated heterocycles. The molecule has 0 spiro atoms. The van der Waals surface area contributed by atoms with Crippen LogP contribution in [0.1, 0.15) is 50.7 Å². The molecule has 21 heavy (non-hydrogen) atoms. The minimum Gasteiger partial charge on any atom is -0.469 e. The molecule has 6 heteroatoms. The Morgan fingerprint density at radius 3 is 2.67 bits per heavy atom. The Hall–Kier alpha value is -1.98. The molecule has 1 aromatic heterocycles. The number of hydrogen-bond acceptors (Lipinski definition) is 4. The van der Waals surface area contributed by atoms with E-state index >= 15 is 0 Å². The summed E-state index contributed by atoms with van der Waals surface area (Å²) in [5.41, 5.74) is 5.16. The number of nitrogens with zero attached hydrogens (tertiary/aromatic N) is 1. The average molecular weight is 293 g/mol. The van der Waals surface area contributed by atoms with Crippen LogP contribution in [0.2, 0.25) is 0 Å². The third-order valence-corrected chi connectivity index (χ3v) is 4.11. The zero-order valence-electron chi connectivity index (χ0n) is 12.2. The molecule has 1 fully saturated rings. The lowest BCUT2D eigenvalue weighted by atomic mass is 9.88. The predicted molar refractivity (Wildman–Crippen MR) is 79.0 cm³/mol. The highest BCUT2D eigenvalue weighted by Crippen LogP contribution is 2.27. The Bertz CT molecular complexity index is 474. The number of amidine groups is 1. The lowest BCUT2D eigenvalue weighted by molar-refractivity contribution is -0.122. The van der Waals surface area contributed by atoms with Crippen molar-refractivity contribution in [3.63, 3.8) is 0 Å². The Morgan fingerprint density at radius 1 is 1.38 bits per heavy atom. The number of oxime groups is 1. The molecule has 116 valence electrons. The van der Waals surface area contributed by atoms with E-state index in [2.05, 4.69) is 10.5 Å². The van der Waals surface area contributed by atoms with Gasteiger partial charge < -0.3 is 20.7 Å². The number of furan rings is 1. The largest absolute Gasteiger partial charge is 0.469 e. The molecule has 0 bridgehead atoms. The summed E-state index contributed by atoms with van der Waals surface area (Å²) in [7, 11) is 0. The molecule has 2 rings (SSSR count). The SMILES string of the molecule is N/C(=N/O)C1(NC(=O)CCc2ccco2)CCCCCC1. The number of nitrogens with two attached hydrogens (primary N) is 1. The van der Waals surface area contributed by atoms with Crippen LogP contribution in [0.4, 0.5) is 0 Å². The molecule has 0 atom stereocenters. The maximum Gasteiger partial charge on any atom is 0.221 e. The van der Waals surface area contributed by atoms with Crippen molar-refractivity contribution < 1.29 is 14.4 Å². The lowest BCUT2D eigenvalue weighted by Gasteiger charge is -2.32. The predicted octanol–water partition coefficient (Wildman–Crippen LogP) is 2.17. The molecule has 0 radical (unpaired) electrons. The van der Waals surface area contributed by atoms with Crippen LogP contribution in [0.15, 0.2) is 28.0 Å². The first-order valence-electron chi connectivity index (χ1n) is 7.48. The van der Waals surface area contributed by atoms with Gasteiger partial charge in [0.1, 0.15) is 11.3 Å². The van der Waals surface area contributed by atoms with Crippen molar-refractivity contribution in [1.82, 2.24) is 5.32 Å². The summed E-state index contributed by atoms with van der Waals surface area (Å²) in [6.07, 6.45) is 8.06. The third-order valence-electron chi connectivity index (χ3n) is 4.11. The molecule has 1 aliphatic rings. The number of carbonyl (C=O) groups excluding carboxylic acids is 1. The maximum absolute atomic E-state index is 12.2. The maximum atomic E-state index is 12.2. The van der Waals surface area contributed by atoms with Crippen molar-refractivity contribution in [2.24, 2.45) is 10.9 Å². The van der Waals surface area contributed by atoms with Gasteiger partial charge in [-0.25, -0.2) is 0 Å². The topological polar surface area (TPSA) is 101 Å². The van der Waals surface area contributed by atoms with E-state index in [0.717, 1.165) is 44.3 Å². The molecule has 1 aliphatic carbocycles. The highest BCUT2D eigenvalue weighted by Gasteiger charge is 2.36. The second kappa shape index (κ2) is 7.15. The zero-order valence-corrected chi connectivity index (χ0v) is 12.2. The van der Waals surface area contributed by atoms with E-state index in [1.807, 2.05) is 6.07 Å². The van der Waals surface area contributed by atoms with E-state index in [0.29, 0.717) is 12.8 Å². The first kappa shape index (κ1) is 15.4. The van der Waals surface area contributed by atoms with Gasteiger partial charge in [-0.1, -0.05) is 30.8 Å².